The first kappa shape index (κ1) is 24.3. The molecule has 0 spiro atoms. The second kappa shape index (κ2) is 8.75. The van der Waals surface area contributed by atoms with Crippen LogP contribution in [0.15, 0.2) is 30.5 Å². The number of imidazole rings is 1. The van der Waals surface area contributed by atoms with Gasteiger partial charge in [0.1, 0.15) is 18.6 Å². The smallest absolute Gasteiger partial charge is 0.415 e. The lowest BCUT2D eigenvalue weighted by Gasteiger charge is -2.45. The third-order valence-corrected chi connectivity index (χ3v) is 6.32. The molecular formula is C23H29N5O7. The molecule has 1 fully saturated rings. The molecular weight excluding hydrogens is 458 g/mol. The van der Waals surface area contributed by atoms with E-state index in [2.05, 4.69) is 4.98 Å². The second-order valence-corrected chi connectivity index (χ2v) is 10.2. The van der Waals surface area contributed by atoms with Gasteiger partial charge in [-0.15, -0.1) is 0 Å². The first-order valence-corrected chi connectivity index (χ1v) is 11.3. The molecule has 1 saturated heterocycles. The number of rotatable bonds is 5. The van der Waals surface area contributed by atoms with E-state index in [9.17, 15) is 24.8 Å². The maximum atomic E-state index is 13.1. The molecule has 2 aliphatic rings. The van der Waals surface area contributed by atoms with Crippen LogP contribution in [-0.2, 0) is 6.54 Å². The van der Waals surface area contributed by atoms with Crippen LogP contribution in [0.4, 0.5) is 10.6 Å². The van der Waals surface area contributed by atoms with Crippen molar-refractivity contribution in [3.63, 3.8) is 0 Å². The van der Waals surface area contributed by atoms with Gasteiger partial charge < -0.3 is 34.5 Å². The van der Waals surface area contributed by atoms with Crippen molar-refractivity contribution in [2.75, 3.05) is 26.2 Å². The van der Waals surface area contributed by atoms with E-state index in [0.29, 0.717) is 30.9 Å². The summed E-state index contributed by atoms with van der Waals surface area (Å²) in [7, 11) is 0. The van der Waals surface area contributed by atoms with Crippen molar-refractivity contribution in [1.82, 2.24) is 19.4 Å². The number of hydrogen-bond acceptors (Lipinski definition) is 7. The maximum Gasteiger partial charge on any atom is 0.415 e. The topological polar surface area (TPSA) is 140 Å². The minimum Gasteiger partial charge on any atom is -0.489 e. The molecule has 0 bridgehead atoms. The quantitative estimate of drug-likeness (QED) is 0.501. The Morgan fingerprint density at radius 1 is 1.29 bits per heavy atom. The average Bonchev–Trinajstić information content (AvgIpc) is 3.32. The lowest BCUT2D eigenvalue weighted by molar-refractivity contribution is -0.389. The molecule has 2 atom stereocenters. The Morgan fingerprint density at radius 3 is 2.54 bits per heavy atom. The highest BCUT2D eigenvalue weighted by Crippen LogP contribution is 2.32. The lowest BCUT2D eigenvalue weighted by Crippen LogP contribution is -2.60. The molecule has 12 heteroatoms. The molecule has 1 aromatic carbocycles. The van der Waals surface area contributed by atoms with Crippen molar-refractivity contribution in [3.8, 4) is 11.8 Å². The Morgan fingerprint density at radius 2 is 1.97 bits per heavy atom. The third kappa shape index (κ3) is 5.00. The number of carbonyl (C=O) groups is 2. The lowest BCUT2D eigenvalue weighted by atomic mass is 9.84. The minimum absolute atomic E-state index is 0.158. The van der Waals surface area contributed by atoms with Crippen LogP contribution < -0.4 is 9.47 Å². The Hall–Kier alpha value is -3.83. The Kier molecular flexibility index (Phi) is 6.07. The fourth-order valence-corrected chi connectivity index (χ4v) is 4.41. The molecule has 2 unspecified atom stereocenters. The highest BCUT2D eigenvalue weighted by Gasteiger charge is 2.41. The van der Waals surface area contributed by atoms with Gasteiger partial charge >= 0.3 is 17.9 Å². The molecule has 0 aliphatic carbocycles. The van der Waals surface area contributed by atoms with Crippen molar-refractivity contribution in [1.29, 1.82) is 0 Å². The summed E-state index contributed by atoms with van der Waals surface area (Å²) in [5, 5.41) is 20.4. The number of piperazine rings is 1. The van der Waals surface area contributed by atoms with Gasteiger partial charge in [0.25, 0.3) is 5.91 Å². The van der Waals surface area contributed by atoms with E-state index in [1.165, 1.54) is 11.1 Å². The van der Waals surface area contributed by atoms with E-state index < -0.39 is 16.6 Å². The van der Waals surface area contributed by atoms with E-state index >= 15 is 0 Å². The number of aromatic nitrogens is 2. The second-order valence-electron chi connectivity index (χ2n) is 10.2. The van der Waals surface area contributed by atoms with E-state index in [0.717, 1.165) is 0 Å². The number of ether oxygens (including phenoxy) is 2. The molecule has 4 rings (SSSR count). The van der Waals surface area contributed by atoms with E-state index in [4.69, 9.17) is 9.47 Å². The van der Waals surface area contributed by atoms with Crippen molar-refractivity contribution >= 4 is 17.8 Å². The zero-order chi connectivity index (χ0) is 25.5. The van der Waals surface area contributed by atoms with E-state index in [-0.39, 0.29) is 42.3 Å². The number of nitro groups is 1. The summed E-state index contributed by atoms with van der Waals surface area (Å²) in [6, 6.07) is 6.64. The number of fused-ring (bicyclic) bond motifs is 1. The Bertz CT molecular complexity index is 1110. The van der Waals surface area contributed by atoms with Crippen LogP contribution >= 0.6 is 0 Å². The van der Waals surface area contributed by atoms with Crippen LogP contribution in [0.2, 0.25) is 0 Å². The van der Waals surface area contributed by atoms with Crippen molar-refractivity contribution in [2.45, 2.75) is 45.9 Å². The van der Waals surface area contributed by atoms with Gasteiger partial charge in [0, 0.05) is 30.2 Å². The van der Waals surface area contributed by atoms with E-state index in [1.54, 1.807) is 33.7 Å². The molecule has 1 N–H and O–H groups in total. The fraction of sp³-hybridized carbons (Fsp3) is 0.522. The van der Waals surface area contributed by atoms with E-state index in [1.807, 2.05) is 27.7 Å². The van der Waals surface area contributed by atoms with Gasteiger partial charge in [0.05, 0.1) is 12.6 Å². The minimum atomic E-state index is -0.972. The third-order valence-electron chi connectivity index (χ3n) is 6.32. The number of carboxylic acid groups (broad SMARTS) is 1. The number of amides is 2. The van der Waals surface area contributed by atoms with Crippen LogP contribution in [0.25, 0.3) is 0 Å². The molecule has 2 aliphatic heterocycles. The zero-order valence-corrected chi connectivity index (χ0v) is 20.1. The number of nitrogens with zero attached hydrogens (tertiary/aromatic N) is 5. The molecule has 0 saturated carbocycles. The van der Waals surface area contributed by atoms with Crippen LogP contribution in [0, 0.1) is 15.5 Å². The number of benzene rings is 1. The van der Waals surface area contributed by atoms with Gasteiger partial charge in [-0.05, 0) is 41.5 Å². The number of hydrogen-bond donors (Lipinski definition) is 1. The van der Waals surface area contributed by atoms with Crippen LogP contribution in [0.3, 0.4) is 0 Å². The fourth-order valence-electron chi connectivity index (χ4n) is 4.41. The van der Waals surface area contributed by atoms with Gasteiger partial charge in [-0.3, -0.25) is 9.36 Å². The van der Waals surface area contributed by atoms with Gasteiger partial charge in [-0.2, -0.15) is 0 Å². The largest absolute Gasteiger partial charge is 0.489 e. The number of carbonyl (C=O) groups excluding carboxylic acids is 1. The SMILES string of the molecule is CC1(COc2ccc(C(=O)N3CCN(C(=O)O)C(C(C)(C)C)C3)cc2)Cn2cc([N+](=O)[O-])nc2O1. The summed E-state index contributed by atoms with van der Waals surface area (Å²) >= 11 is 0. The molecule has 0 radical (unpaired) electrons. The summed E-state index contributed by atoms with van der Waals surface area (Å²) in [5.74, 6) is 0.125. The molecule has 35 heavy (non-hydrogen) atoms. The van der Waals surface area contributed by atoms with Crippen molar-refractivity contribution < 1.29 is 29.1 Å². The maximum absolute atomic E-state index is 13.1. The highest BCUT2D eigenvalue weighted by atomic mass is 16.6. The molecule has 3 heterocycles. The molecule has 188 valence electrons. The summed E-state index contributed by atoms with van der Waals surface area (Å²) in [6.07, 6.45) is 0.363. The van der Waals surface area contributed by atoms with Crippen molar-refractivity contribution in [3.05, 3.63) is 46.1 Å². The Labute approximate surface area is 202 Å². The highest BCUT2D eigenvalue weighted by molar-refractivity contribution is 5.94. The molecule has 2 amide bonds. The predicted octanol–water partition coefficient (Wildman–Crippen LogP) is 2.87. The monoisotopic (exact) mass is 487 g/mol. The molecule has 2 aromatic rings. The standard InChI is InChI=1S/C23H29N5O7/c1-22(2,3)17-11-25(9-10-27(17)21(30)31)19(29)15-5-7-16(8-6-15)34-14-23(4)13-26-12-18(28(32)33)24-20(26)35-23/h5-8,12,17H,9-11,13-14H2,1-4H3,(H,30,31). The first-order valence-electron chi connectivity index (χ1n) is 11.3. The summed E-state index contributed by atoms with van der Waals surface area (Å²) in [5.41, 5.74) is -0.559. The summed E-state index contributed by atoms with van der Waals surface area (Å²) in [6.45, 7) is 9.20. The van der Waals surface area contributed by atoms with Gasteiger partial charge in [0.15, 0.2) is 5.60 Å². The molecule has 12 nitrogen and oxygen atoms in total. The zero-order valence-electron chi connectivity index (χ0n) is 20.1. The van der Waals surface area contributed by atoms with Gasteiger partial charge in [-0.1, -0.05) is 20.8 Å². The average molecular weight is 488 g/mol. The summed E-state index contributed by atoms with van der Waals surface area (Å²) < 4.78 is 13.2. The van der Waals surface area contributed by atoms with Crippen molar-refractivity contribution in [2.24, 2.45) is 5.41 Å². The van der Waals surface area contributed by atoms with Crippen LogP contribution in [-0.4, -0.2) is 79.3 Å². The molecule has 1 aromatic heterocycles. The predicted molar refractivity (Wildman–Crippen MR) is 124 cm³/mol. The van der Waals surface area contributed by atoms with Gasteiger partial charge in [-0.25, -0.2) is 4.79 Å². The van der Waals surface area contributed by atoms with Gasteiger partial charge in [0.2, 0.25) is 0 Å². The van der Waals surface area contributed by atoms with Crippen LogP contribution in [0.1, 0.15) is 38.1 Å². The van der Waals surface area contributed by atoms with Crippen LogP contribution in [0.5, 0.6) is 11.8 Å². The first-order chi connectivity index (χ1) is 16.4. The normalized spacial score (nSPS) is 21.9. The summed E-state index contributed by atoms with van der Waals surface area (Å²) in [4.78, 5) is 42.0. The Balaban J connectivity index is 1.36.